The minimum absolute atomic E-state index is 1.11. The second-order valence-electron chi connectivity index (χ2n) is 6.35. The molecule has 1 N–H and O–H groups in total. The summed E-state index contributed by atoms with van der Waals surface area (Å²) in [5, 5.41) is 2.23. The van der Waals surface area contributed by atoms with E-state index in [1.807, 2.05) is 0 Å². The lowest BCUT2D eigenvalue weighted by Gasteiger charge is -2.20. The lowest BCUT2D eigenvalue weighted by molar-refractivity contribution is 0.418. The normalized spacial score (nSPS) is 11.9. The molecule has 1 atom stereocenters. The monoisotopic (exact) mass is 347 g/mol. The number of aryl methyl sites for hydroxylation is 6. The Bertz CT molecular complexity index is 667. The highest BCUT2D eigenvalue weighted by molar-refractivity contribution is 7.34. The van der Waals surface area contributed by atoms with E-state index >= 15 is 0 Å². The van der Waals surface area contributed by atoms with Gasteiger partial charge in [0, 0.05) is 4.57 Å². The van der Waals surface area contributed by atoms with Crippen LogP contribution in [0.3, 0.4) is 0 Å². The maximum atomic E-state index is 11.5. The lowest BCUT2D eigenvalue weighted by Crippen LogP contribution is -2.48. The zero-order valence-corrected chi connectivity index (χ0v) is 16.6. The van der Waals surface area contributed by atoms with Crippen LogP contribution in [-0.2, 0) is 8.78 Å². The molecule has 0 radical (unpaired) electrons. The third-order valence-corrected chi connectivity index (χ3v) is 8.63. The van der Waals surface area contributed by atoms with Crippen LogP contribution in [-0.4, -0.2) is 13.9 Å². The molecule has 0 aromatic heterocycles. The van der Waals surface area contributed by atoms with Gasteiger partial charge >= 0.3 is 17.3 Å². The number of hydrogen-bond donors (Lipinski definition) is 1. The lowest BCUT2D eigenvalue weighted by atomic mass is 10.1. The van der Waals surface area contributed by atoms with Crippen LogP contribution in [0.5, 0.6) is 0 Å². The Hall–Kier alpha value is -1.32. The summed E-state index contributed by atoms with van der Waals surface area (Å²) in [7, 11) is -4.88. The summed E-state index contributed by atoms with van der Waals surface area (Å²) in [6, 6.07) is 8.48. The maximum Gasteiger partial charge on any atom is 0.683 e. The summed E-state index contributed by atoms with van der Waals surface area (Å²) in [5.41, 5.74) is 6.93. The molecule has 2 aromatic carbocycles. The van der Waals surface area contributed by atoms with Gasteiger partial charge < -0.3 is 0 Å². The largest absolute Gasteiger partial charge is 0.683 e. The van der Waals surface area contributed by atoms with E-state index in [0.29, 0.717) is 0 Å². The van der Waals surface area contributed by atoms with Crippen molar-refractivity contribution < 1.29 is 13.7 Å². The van der Waals surface area contributed by atoms with Crippen molar-refractivity contribution in [2.24, 2.45) is 0 Å². The van der Waals surface area contributed by atoms with E-state index in [9.17, 15) is 9.46 Å². The predicted molar refractivity (Wildman–Crippen MR) is 98.6 cm³/mol. The van der Waals surface area contributed by atoms with Crippen molar-refractivity contribution >= 4 is 27.7 Å². The first kappa shape index (κ1) is 18.0. The summed E-state index contributed by atoms with van der Waals surface area (Å²) >= 11 is 0. The molecule has 2 rings (SSSR count). The Morgan fingerprint density at radius 2 is 1.09 bits per heavy atom. The van der Waals surface area contributed by atoms with Gasteiger partial charge in [0.05, 0.1) is 0 Å². The van der Waals surface area contributed by atoms with Gasteiger partial charge in [0.2, 0.25) is 0 Å². The van der Waals surface area contributed by atoms with Gasteiger partial charge in [-0.2, -0.15) is 4.21 Å². The molecular formula is C18H24O3PSi+. The van der Waals surface area contributed by atoms with Crippen LogP contribution in [0.2, 0.25) is 0 Å². The Morgan fingerprint density at radius 1 is 0.783 bits per heavy atom. The molecule has 1 unspecified atom stereocenters. The molecule has 0 saturated carbocycles. The highest BCUT2D eigenvalue weighted by atomic mass is 31.1. The van der Waals surface area contributed by atoms with Gasteiger partial charge in [0.1, 0.15) is 0 Å². The molecule has 0 saturated heterocycles. The topological polar surface area (TPSA) is 46.5 Å². The van der Waals surface area contributed by atoms with Gasteiger partial charge in [0.15, 0.2) is 0 Å². The first-order valence-electron chi connectivity index (χ1n) is 7.69. The second kappa shape index (κ2) is 7.06. The molecule has 0 aliphatic heterocycles. The van der Waals surface area contributed by atoms with Crippen molar-refractivity contribution in [1.29, 1.82) is 0 Å². The third kappa shape index (κ3) is 3.96. The van der Waals surface area contributed by atoms with E-state index in [0.717, 1.165) is 32.6 Å². The first-order chi connectivity index (χ1) is 10.7. The van der Waals surface area contributed by atoms with Gasteiger partial charge in [-0.3, -0.25) is 0 Å². The first-order valence-corrected chi connectivity index (χ1v) is 10.4. The predicted octanol–water partition coefficient (Wildman–Crippen LogP) is 3.04. The van der Waals surface area contributed by atoms with Crippen LogP contribution in [0, 0.1) is 41.5 Å². The number of rotatable bonds is 4. The standard InChI is InChI=1S/C18H23O3PSi/c1-11-7-13(3)17(14(4)8-11)23(21-22(19)20)18-15(5)9-12(2)10-16(18)6/h7-10,23H,1-6H3/p+1. The van der Waals surface area contributed by atoms with Crippen LogP contribution in [0.4, 0.5) is 0 Å². The average molecular weight is 347 g/mol. The molecule has 0 fully saturated rings. The Labute approximate surface area is 141 Å². The molecule has 0 aliphatic rings. The van der Waals surface area contributed by atoms with E-state index in [2.05, 4.69) is 65.8 Å². The highest BCUT2D eigenvalue weighted by Gasteiger charge is 2.33. The van der Waals surface area contributed by atoms with Crippen LogP contribution in [0.25, 0.3) is 0 Å². The Balaban J connectivity index is 2.72. The zero-order valence-electron chi connectivity index (χ0n) is 14.6. The maximum absolute atomic E-state index is 11.5. The molecule has 3 nitrogen and oxygen atoms in total. The fourth-order valence-corrected chi connectivity index (χ4v) is 7.39. The minimum atomic E-state index is -2.64. The summed E-state index contributed by atoms with van der Waals surface area (Å²) in [5.74, 6) is 0. The number of hydrogen-bond acceptors (Lipinski definition) is 2. The van der Waals surface area contributed by atoms with E-state index in [4.69, 9.17) is 4.21 Å². The molecule has 23 heavy (non-hydrogen) atoms. The molecule has 0 heterocycles. The van der Waals surface area contributed by atoms with Crippen molar-refractivity contribution in [1.82, 2.24) is 0 Å². The molecule has 122 valence electrons. The third-order valence-electron chi connectivity index (χ3n) is 4.20. The van der Waals surface area contributed by atoms with Crippen molar-refractivity contribution in [2.45, 2.75) is 41.5 Å². The molecule has 0 spiro atoms. The van der Waals surface area contributed by atoms with E-state index in [1.165, 1.54) is 11.1 Å². The van der Waals surface area contributed by atoms with Gasteiger partial charge in [-0.1, -0.05) is 35.4 Å². The summed E-state index contributed by atoms with van der Waals surface area (Å²) in [6.07, 6.45) is 0. The fraction of sp³-hybridized carbons (Fsp3) is 0.333. The van der Waals surface area contributed by atoms with Crippen LogP contribution in [0.1, 0.15) is 33.4 Å². The molecule has 2 aromatic rings. The van der Waals surface area contributed by atoms with E-state index in [1.54, 1.807) is 0 Å². The Morgan fingerprint density at radius 3 is 1.35 bits per heavy atom. The molecule has 0 bridgehead atoms. The summed E-state index contributed by atoms with van der Waals surface area (Å²) in [6.45, 7) is 12.4. The van der Waals surface area contributed by atoms with Crippen LogP contribution in [0.15, 0.2) is 24.3 Å². The smallest absolute Gasteiger partial charge is 0.168 e. The second-order valence-corrected chi connectivity index (χ2v) is 9.58. The molecular weight excluding hydrogens is 323 g/mol. The number of benzene rings is 2. The van der Waals surface area contributed by atoms with Gasteiger partial charge in [0.25, 0.3) is 0 Å². The average Bonchev–Trinajstić information content (AvgIpc) is 2.34. The van der Waals surface area contributed by atoms with Crippen molar-refractivity contribution in [3.05, 3.63) is 57.6 Å². The minimum Gasteiger partial charge on any atom is -0.168 e. The fourth-order valence-electron chi connectivity index (χ4n) is 3.55. The zero-order chi connectivity index (χ0) is 17.3. The molecule has 0 amide bonds. The van der Waals surface area contributed by atoms with Gasteiger partial charge in [-0.15, -0.1) is 4.89 Å². The quantitative estimate of drug-likeness (QED) is 0.683. The van der Waals surface area contributed by atoms with Gasteiger partial charge in [-0.25, -0.2) is 0 Å². The Kier molecular flexibility index (Phi) is 5.53. The summed E-state index contributed by atoms with van der Waals surface area (Å²) < 4.78 is 17.1. The SMILES string of the molecule is Cc1cc(C)c([SiH](O[P+](=O)O)c2c(C)cc(C)cc2C)c(C)c1. The van der Waals surface area contributed by atoms with Crippen LogP contribution >= 0.6 is 8.25 Å². The van der Waals surface area contributed by atoms with Gasteiger partial charge in [-0.05, 0) is 74.2 Å². The molecule has 0 aliphatic carbocycles. The van der Waals surface area contributed by atoms with Crippen molar-refractivity contribution in [2.75, 3.05) is 0 Å². The van der Waals surface area contributed by atoms with Crippen LogP contribution < -0.4 is 10.4 Å². The summed E-state index contributed by atoms with van der Waals surface area (Å²) in [4.78, 5) is 9.44. The van der Waals surface area contributed by atoms with Crippen molar-refractivity contribution in [3.8, 4) is 0 Å². The highest BCUT2D eigenvalue weighted by Crippen LogP contribution is 2.21. The van der Waals surface area contributed by atoms with Crippen molar-refractivity contribution in [3.63, 3.8) is 0 Å². The van der Waals surface area contributed by atoms with E-state index < -0.39 is 17.3 Å². The molecule has 5 heteroatoms. The van der Waals surface area contributed by atoms with E-state index in [-0.39, 0.29) is 0 Å².